The van der Waals surface area contributed by atoms with Crippen LogP contribution in [0.5, 0.6) is 0 Å². The number of rotatable bonds is 2. The van der Waals surface area contributed by atoms with Crippen molar-refractivity contribution in [3.8, 4) is 0 Å². The summed E-state index contributed by atoms with van der Waals surface area (Å²) in [5.74, 6) is -1.14. The van der Waals surface area contributed by atoms with Crippen LogP contribution in [0, 0.1) is 0 Å². The molecule has 0 bridgehead atoms. The smallest absolute Gasteiger partial charge is 0.248 e. The molecule has 0 aromatic heterocycles. The minimum absolute atomic E-state index is 0.284. The summed E-state index contributed by atoms with van der Waals surface area (Å²) in [6, 6.07) is 5.97. The van der Waals surface area contributed by atoms with Crippen LogP contribution in [0.3, 0.4) is 0 Å². The van der Waals surface area contributed by atoms with E-state index in [9.17, 15) is 9.59 Å². The van der Waals surface area contributed by atoms with Gasteiger partial charge in [0, 0.05) is 11.1 Å². The fourth-order valence-electron chi connectivity index (χ4n) is 0.826. The number of hydrogen-bond donors (Lipinski definition) is 2. The maximum Gasteiger partial charge on any atom is 0.248 e. The van der Waals surface area contributed by atoms with E-state index >= 15 is 0 Å². The highest BCUT2D eigenvalue weighted by molar-refractivity contribution is 5.98. The third kappa shape index (κ3) is 1.60. The number of amides is 2. The van der Waals surface area contributed by atoms with Crippen molar-refractivity contribution in [2.24, 2.45) is 11.5 Å². The molecule has 0 saturated carbocycles. The first kappa shape index (κ1) is 8.26. The topological polar surface area (TPSA) is 86.2 Å². The zero-order valence-electron chi connectivity index (χ0n) is 6.28. The third-order valence-corrected chi connectivity index (χ3v) is 1.43. The molecule has 0 radical (unpaired) electrons. The van der Waals surface area contributed by atoms with E-state index < -0.39 is 11.8 Å². The molecule has 0 spiro atoms. The van der Waals surface area contributed by atoms with Gasteiger partial charge in [-0.05, 0) is 18.2 Å². The van der Waals surface area contributed by atoms with Gasteiger partial charge >= 0.3 is 0 Å². The molecule has 1 rings (SSSR count). The van der Waals surface area contributed by atoms with Crippen LogP contribution < -0.4 is 11.5 Å². The summed E-state index contributed by atoms with van der Waals surface area (Å²) in [4.78, 5) is 21.3. The molecule has 12 heavy (non-hydrogen) atoms. The first-order valence-corrected chi connectivity index (χ1v) is 3.31. The summed E-state index contributed by atoms with van der Waals surface area (Å²) in [5.41, 5.74) is 10.6. The van der Waals surface area contributed by atoms with Crippen molar-refractivity contribution in [1.82, 2.24) is 0 Å². The highest BCUT2D eigenvalue weighted by Gasteiger charge is 2.03. The molecular formula is C8H8N2O2. The summed E-state index contributed by atoms with van der Waals surface area (Å²) in [5, 5.41) is 0. The van der Waals surface area contributed by atoms with E-state index in [-0.39, 0.29) is 11.1 Å². The molecule has 0 atom stereocenters. The molecule has 62 valence electrons. The fourth-order valence-corrected chi connectivity index (χ4v) is 0.826. The zero-order valence-corrected chi connectivity index (χ0v) is 6.28. The van der Waals surface area contributed by atoms with Gasteiger partial charge in [-0.2, -0.15) is 0 Å². The Morgan fingerprint density at radius 2 is 1.42 bits per heavy atom. The fraction of sp³-hybridized carbons (Fsp3) is 0. The van der Waals surface area contributed by atoms with Crippen molar-refractivity contribution < 1.29 is 9.59 Å². The molecule has 1 aromatic carbocycles. The van der Waals surface area contributed by atoms with Crippen LogP contribution in [0.1, 0.15) is 20.7 Å². The zero-order chi connectivity index (χ0) is 9.14. The molecule has 0 aliphatic heterocycles. The lowest BCUT2D eigenvalue weighted by Gasteiger charge is -1.97. The monoisotopic (exact) mass is 166 g/mol. The van der Waals surface area contributed by atoms with Gasteiger partial charge in [0.25, 0.3) is 0 Å². The maximum absolute atomic E-state index is 10.6. The van der Waals surface area contributed by atoms with Crippen LogP contribution in [-0.2, 0) is 0 Å². The Kier molecular flexibility index (Phi) is 2.09. The van der Waals surface area contributed by atoms with E-state index in [1.54, 1.807) is 6.07 Å². The standard InChI is InChI=1S/C8H8N2O2/c9-7(11)5-2-1-3-6(4-5)8(10)12/h1-4H,(H2,9,11)(H2,10,12)/i9+1,10+1. The van der Waals surface area contributed by atoms with E-state index in [4.69, 9.17) is 11.5 Å². The second kappa shape index (κ2) is 3.04. The first-order chi connectivity index (χ1) is 5.61. The van der Waals surface area contributed by atoms with Gasteiger partial charge in [-0.1, -0.05) is 6.07 Å². The second-order valence-corrected chi connectivity index (χ2v) is 2.31. The van der Waals surface area contributed by atoms with Crippen molar-refractivity contribution >= 4 is 11.8 Å². The van der Waals surface area contributed by atoms with Crippen LogP contribution in [0.2, 0.25) is 0 Å². The molecule has 4 nitrogen and oxygen atoms in total. The molecule has 2 amide bonds. The van der Waals surface area contributed by atoms with E-state index in [0.29, 0.717) is 0 Å². The third-order valence-electron chi connectivity index (χ3n) is 1.43. The molecule has 0 fully saturated rings. The van der Waals surface area contributed by atoms with Crippen molar-refractivity contribution in [1.29, 1.82) is 0 Å². The van der Waals surface area contributed by atoms with Gasteiger partial charge in [0.1, 0.15) is 0 Å². The molecule has 0 aliphatic rings. The van der Waals surface area contributed by atoms with Gasteiger partial charge < -0.3 is 11.5 Å². The Balaban J connectivity index is 3.12. The highest BCUT2D eigenvalue weighted by Crippen LogP contribution is 2.03. The predicted molar refractivity (Wildman–Crippen MR) is 43.5 cm³/mol. The van der Waals surface area contributed by atoms with Crippen molar-refractivity contribution in [3.05, 3.63) is 35.4 Å². The lowest BCUT2D eigenvalue weighted by Crippen LogP contribution is -2.14. The number of benzene rings is 1. The summed E-state index contributed by atoms with van der Waals surface area (Å²) in [6.45, 7) is 0. The molecular weight excluding hydrogens is 158 g/mol. The van der Waals surface area contributed by atoms with Crippen LogP contribution >= 0.6 is 0 Å². The van der Waals surface area contributed by atoms with Gasteiger partial charge in [-0.15, -0.1) is 0 Å². The largest absolute Gasteiger partial charge is 0.366 e. The van der Waals surface area contributed by atoms with Crippen molar-refractivity contribution in [3.63, 3.8) is 0 Å². The van der Waals surface area contributed by atoms with Gasteiger partial charge in [-0.3, -0.25) is 9.59 Å². The van der Waals surface area contributed by atoms with Crippen molar-refractivity contribution in [2.75, 3.05) is 0 Å². The summed E-state index contributed by atoms with van der Waals surface area (Å²) < 4.78 is 0. The van der Waals surface area contributed by atoms with E-state index in [1.807, 2.05) is 0 Å². The molecule has 1 aromatic rings. The minimum atomic E-state index is -0.571. The Morgan fingerprint density at radius 1 is 1.00 bits per heavy atom. The molecule has 0 aliphatic carbocycles. The number of primary amides is 2. The quantitative estimate of drug-likeness (QED) is 0.600. The summed E-state index contributed by atoms with van der Waals surface area (Å²) in [7, 11) is 0. The number of carbonyl (C=O) groups excluding carboxylic acids is 2. The van der Waals surface area contributed by atoms with Crippen molar-refractivity contribution in [2.45, 2.75) is 0 Å². The molecule has 0 saturated heterocycles. The lowest BCUT2D eigenvalue weighted by molar-refractivity contribution is 0.0999. The van der Waals surface area contributed by atoms with Crippen LogP contribution in [-0.4, -0.2) is 11.8 Å². The summed E-state index contributed by atoms with van der Waals surface area (Å²) >= 11 is 0. The van der Waals surface area contributed by atoms with Gasteiger partial charge in [0.2, 0.25) is 11.8 Å². The second-order valence-electron chi connectivity index (χ2n) is 2.31. The van der Waals surface area contributed by atoms with Crippen LogP contribution in [0.25, 0.3) is 0 Å². The van der Waals surface area contributed by atoms with E-state index in [1.165, 1.54) is 18.2 Å². The number of carbonyl (C=O) groups is 2. The normalized spacial score (nSPS) is 9.33. The molecule has 0 unspecified atom stereocenters. The highest BCUT2D eigenvalue weighted by atomic mass is 16.2. The minimum Gasteiger partial charge on any atom is -0.366 e. The average molecular weight is 166 g/mol. The Hall–Kier alpha value is -1.84. The van der Waals surface area contributed by atoms with Crippen LogP contribution in [0.4, 0.5) is 0 Å². The summed E-state index contributed by atoms with van der Waals surface area (Å²) in [6.07, 6.45) is 0. The first-order valence-electron chi connectivity index (χ1n) is 3.31. The van der Waals surface area contributed by atoms with Gasteiger partial charge in [-0.25, -0.2) is 0 Å². The SMILES string of the molecule is [15NH2]C(=O)c1cccc(C([15NH2])=O)c1. The maximum atomic E-state index is 10.6. The molecule has 4 heteroatoms. The van der Waals surface area contributed by atoms with E-state index in [2.05, 4.69) is 0 Å². The number of hydrogen-bond acceptors (Lipinski definition) is 2. The molecule has 0 heterocycles. The Labute approximate surface area is 69.2 Å². The Bertz CT molecular complexity index is 304. The Morgan fingerprint density at radius 3 is 1.75 bits per heavy atom. The van der Waals surface area contributed by atoms with Gasteiger partial charge in [0.15, 0.2) is 0 Å². The average Bonchev–Trinajstić information content (AvgIpc) is 2.04. The predicted octanol–water partition coefficient (Wildman–Crippen LogP) is -0.116. The van der Waals surface area contributed by atoms with Crippen LogP contribution in [0.15, 0.2) is 24.3 Å². The van der Waals surface area contributed by atoms with Gasteiger partial charge in [0.05, 0.1) is 0 Å². The molecule has 4 N–H and O–H groups in total. The number of nitrogens with two attached hydrogens (primary N) is 2. The lowest BCUT2D eigenvalue weighted by atomic mass is 10.1. The van der Waals surface area contributed by atoms with E-state index in [0.717, 1.165) is 0 Å².